The third kappa shape index (κ3) is 3.88. The standard InChI is InChI=1S/C7H16N2/c1-5(2)4-6(3)7(8)9/h5H,4,8-9H2,1-3H3. The van der Waals surface area contributed by atoms with E-state index in [-0.39, 0.29) is 0 Å². The lowest BCUT2D eigenvalue weighted by atomic mass is 10.1. The van der Waals surface area contributed by atoms with Gasteiger partial charge >= 0.3 is 0 Å². The molecule has 0 aliphatic rings. The van der Waals surface area contributed by atoms with Gasteiger partial charge in [0, 0.05) is 0 Å². The molecule has 9 heavy (non-hydrogen) atoms. The zero-order valence-electron chi connectivity index (χ0n) is 6.44. The summed E-state index contributed by atoms with van der Waals surface area (Å²) in [6.45, 7) is 6.26. The van der Waals surface area contributed by atoms with Crippen LogP contribution in [0.3, 0.4) is 0 Å². The Kier molecular flexibility index (Phi) is 3.13. The van der Waals surface area contributed by atoms with Crippen LogP contribution in [0.25, 0.3) is 0 Å². The molecular weight excluding hydrogens is 112 g/mol. The second kappa shape index (κ2) is 3.38. The van der Waals surface area contributed by atoms with Crippen molar-refractivity contribution in [1.82, 2.24) is 0 Å². The summed E-state index contributed by atoms with van der Waals surface area (Å²) in [7, 11) is 0. The molecule has 0 saturated heterocycles. The first-order valence-electron chi connectivity index (χ1n) is 3.24. The summed E-state index contributed by atoms with van der Waals surface area (Å²) in [5.74, 6) is 1.12. The van der Waals surface area contributed by atoms with Crippen LogP contribution >= 0.6 is 0 Å². The minimum absolute atomic E-state index is 0.476. The van der Waals surface area contributed by atoms with Crippen LogP contribution in [0.15, 0.2) is 11.4 Å². The van der Waals surface area contributed by atoms with E-state index in [0.717, 1.165) is 12.0 Å². The number of allylic oxidation sites excluding steroid dienone is 1. The molecule has 0 atom stereocenters. The van der Waals surface area contributed by atoms with Crippen molar-refractivity contribution in [2.75, 3.05) is 0 Å². The minimum Gasteiger partial charge on any atom is -0.386 e. The average Bonchev–Trinajstić information content (AvgIpc) is 1.63. The number of nitrogens with two attached hydrogens (primary N) is 2. The summed E-state index contributed by atoms with van der Waals surface area (Å²) in [5, 5.41) is 0. The van der Waals surface area contributed by atoms with Crippen molar-refractivity contribution in [2.24, 2.45) is 17.4 Å². The van der Waals surface area contributed by atoms with Gasteiger partial charge in [-0.05, 0) is 24.8 Å². The summed E-state index contributed by atoms with van der Waals surface area (Å²) >= 11 is 0. The van der Waals surface area contributed by atoms with Crippen molar-refractivity contribution in [2.45, 2.75) is 27.2 Å². The van der Waals surface area contributed by atoms with Crippen LogP contribution in [-0.2, 0) is 0 Å². The maximum Gasteiger partial charge on any atom is 0.0922 e. The lowest BCUT2D eigenvalue weighted by Crippen LogP contribution is -2.11. The van der Waals surface area contributed by atoms with Crippen LogP contribution < -0.4 is 11.5 Å². The number of hydrogen-bond donors (Lipinski definition) is 2. The smallest absolute Gasteiger partial charge is 0.0922 e. The van der Waals surface area contributed by atoms with Gasteiger partial charge in [0.1, 0.15) is 0 Å². The third-order valence-electron chi connectivity index (χ3n) is 1.21. The highest BCUT2D eigenvalue weighted by molar-refractivity contribution is 5.04. The van der Waals surface area contributed by atoms with Gasteiger partial charge in [0.25, 0.3) is 0 Å². The minimum atomic E-state index is 0.476. The van der Waals surface area contributed by atoms with E-state index in [0.29, 0.717) is 11.7 Å². The summed E-state index contributed by atoms with van der Waals surface area (Å²) in [6.07, 6.45) is 1.00. The van der Waals surface area contributed by atoms with Crippen molar-refractivity contribution in [3.63, 3.8) is 0 Å². The zero-order chi connectivity index (χ0) is 7.44. The maximum atomic E-state index is 5.34. The van der Waals surface area contributed by atoms with Gasteiger partial charge < -0.3 is 11.5 Å². The van der Waals surface area contributed by atoms with Crippen LogP contribution in [0.2, 0.25) is 0 Å². The molecule has 0 heterocycles. The quantitative estimate of drug-likeness (QED) is 0.586. The molecular formula is C7H16N2. The van der Waals surface area contributed by atoms with E-state index in [9.17, 15) is 0 Å². The SMILES string of the molecule is CC(CC(C)C)=C(N)N. The topological polar surface area (TPSA) is 52.0 Å². The van der Waals surface area contributed by atoms with E-state index >= 15 is 0 Å². The number of hydrogen-bond acceptors (Lipinski definition) is 2. The normalized spacial score (nSPS) is 9.78. The molecule has 0 aliphatic carbocycles. The summed E-state index contributed by atoms with van der Waals surface area (Å²) in [6, 6.07) is 0. The Balaban J connectivity index is 3.77. The summed E-state index contributed by atoms with van der Waals surface area (Å²) in [4.78, 5) is 0. The second-order valence-corrected chi connectivity index (χ2v) is 2.83. The molecule has 0 aromatic carbocycles. The van der Waals surface area contributed by atoms with E-state index in [1.54, 1.807) is 0 Å². The first-order valence-corrected chi connectivity index (χ1v) is 3.24. The Morgan fingerprint density at radius 3 is 1.89 bits per heavy atom. The Morgan fingerprint density at radius 2 is 1.78 bits per heavy atom. The molecule has 54 valence electrons. The fourth-order valence-electron chi connectivity index (χ4n) is 0.730. The molecule has 2 nitrogen and oxygen atoms in total. The van der Waals surface area contributed by atoms with E-state index in [1.807, 2.05) is 6.92 Å². The van der Waals surface area contributed by atoms with Crippen molar-refractivity contribution in [3.05, 3.63) is 11.4 Å². The van der Waals surface area contributed by atoms with Gasteiger partial charge in [0.2, 0.25) is 0 Å². The Bertz CT molecular complexity index is 110. The van der Waals surface area contributed by atoms with Crippen molar-refractivity contribution < 1.29 is 0 Å². The third-order valence-corrected chi connectivity index (χ3v) is 1.21. The van der Waals surface area contributed by atoms with Crippen LogP contribution in [0.5, 0.6) is 0 Å². The molecule has 0 radical (unpaired) electrons. The van der Waals surface area contributed by atoms with Gasteiger partial charge in [-0.1, -0.05) is 13.8 Å². The van der Waals surface area contributed by atoms with Gasteiger partial charge in [-0.25, -0.2) is 0 Å². The molecule has 0 fully saturated rings. The van der Waals surface area contributed by atoms with Crippen LogP contribution in [-0.4, -0.2) is 0 Å². The van der Waals surface area contributed by atoms with Gasteiger partial charge in [-0.2, -0.15) is 0 Å². The van der Waals surface area contributed by atoms with Gasteiger partial charge in [0.05, 0.1) is 5.82 Å². The highest BCUT2D eigenvalue weighted by Crippen LogP contribution is 2.08. The van der Waals surface area contributed by atoms with Gasteiger partial charge in [0.15, 0.2) is 0 Å². The first kappa shape index (κ1) is 8.34. The Labute approximate surface area is 56.9 Å². The van der Waals surface area contributed by atoms with Crippen LogP contribution in [0, 0.1) is 5.92 Å². The van der Waals surface area contributed by atoms with E-state index in [4.69, 9.17) is 11.5 Å². The van der Waals surface area contributed by atoms with Crippen LogP contribution in [0.1, 0.15) is 27.2 Å². The van der Waals surface area contributed by atoms with E-state index in [2.05, 4.69) is 13.8 Å². The van der Waals surface area contributed by atoms with Crippen molar-refractivity contribution in [3.8, 4) is 0 Å². The molecule has 0 aromatic heterocycles. The molecule has 0 aliphatic heterocycles. The molecule has 0 aromatic rings. The fourth-order valence-corrected chi connectivity index (χ4v) is 0.730. The lowest BCUT2D eigenvalue weighted by molar-refractivity contribution is 0.637. The molecule has 0 unspecified atom stereocenters. The highest BCUT2D eigenvalue weighted by atomic mass is 14.8. The summed E-state index contributed by atoms with van der Waals surface area (Å²) in [5.41, 5.74) is 11.8. The van der Waals surface area contributed by atoms with Crippen molar-refractivity contribution in [1.29, 1.82) is 0 Å². The Morgan fingerprint density at radius 1 is 1.33 bits per heavy atom. The maximum absolute atomic E-state index is 5.34. The molecule has 4 N–H and O–H groups in total. The predicted octanol–water partition coefficient (Wildman–Crippen LogP) is 1.18. The largest absolute Gasteiger partial charge is 0.386 e. The predicted molar refractivity (Wildman–Crippen MR) is 40.5 cm³/mol. The first-order chi connectivity index (χ1) is 4.04. The molecule has 0 amide bonds. The average molecular weight is 128 g/mol. The molecule has 0 bridgehead atoms. The van der Waals surface area contributed by atoms with Gasteiger partial charge in [-0.3, -0.25) is 0 Å². The number of rotatable bonds is 2. The molecule has 2 heteroatoms. The lowest BCUT2D eigenvalue weighted by Gasteiger charge is -2.05. The van der Waals surface area contributed by atoms with Crippen LogP contribution in [0.4, 0.5) is 0 Å². The molecule has 0 saturated carbocycles. The summed E-state index contributed by atoms with van der Waals surface area (Å²) < 4.78 is 0. The molecule has 0 rings (SSSR count). The monoisotopic (exact) mass is 128 g/mol. The van der Waals surface area contributed by atoms with Gasteiger partial charge in [-0.15, -0.1) is 0 Å². The van der Waals surface area contributed by atoms with E-state index < -0.39 is 0 Å². The van der Waals surface area contributed by atoms with Crippen molar-refractivity contribution >= 4 is 0 Å². The molecule has 0 spiro atoms. The highest BCUT2D eigenvalue weighted by Gasteiger charge is 1.96. The zero-order valence-corrected chi connectivity index (χ0v) is 6.44. The second-order valence-electron chi connectivity index (χ2n) is 2.83. The Hall–Kier alpha value is -0.660. The fraction of sp³-hybridized carbons (Fsp3) is 0.714. The van der Waals surface area contributed by atoms with E-state index in [1.165, 1.54) is 0 Å².